The fourth-order valence-electron chi connectivity index (χ4n) is 4.10. The fraction of sp³-hybridized carbons (Fsp3) is 0.257. The first-order chi connectivity index (χ1) is 22.1. The normalized spacial score (nSPS) is 10.8. The molecule has 3 amide bonds. The summed E-state index contributed by atoms with van der Waals surface area (Å²) in [5, 5.41) is 3.65. The molecule has 4 rings (SSSR count). The van der Waals surface area contributed by atoms with Crippen LogP contribution in [0.4, 0.5) is 9.59 Å². The van der Waals surface area contributed by atoms with E-state index in [0.717, 1.165) is 21.7 Å². The zero-order valence-electron chi connectivity index (χ0n) is 26.3. The number of hydrogen-bond donors (Lipinski definition) is 2. The average molecular weight is 627 g/mol. The molecule has 2 N–H and O–H groups in total. The summed E-state index contributed by atoms with van der Waals surface area (Å²) in [6.45, 7) is 5.48. The predicted octanol–water partition coefficient (Wildman–Crippen LogP) is 6.18. The number of aromatic nitrogens is 1. The standard InChI is InChI=1S/C35H38N4O7/c1-35(2,3)46-33(41)36-21-29-31(44-23-26-16-10-6-11-17-26)30(43-22-25-14-8-5-9-15-25)20-28(37-29)32(40)39(4)38-34(42)45-24-27-18-12-7-13-19-27/h5-20H,21-24H2,1-4H3,(H,36,41)(H,38,42). The Bertz CT molecular complexity index is 1590. The zero-order chi connectivity index (χ0) is 32.9. The molecule has 3 aromatic carbocycles. The summed E-state index contributed by atoms with van der Waals surface area (Å²) < 4.78 is 23.0. The van der Waals surface area contributed by atoms with Crippen molar-refractivity contribution in [3.05, 3.63) is 125 Å². The van der Waals surface area contributed by atoms with Gasteiger partial charge in [0.2, 0.25) is 0 Å². The number of ether oxygens (including phenoxy) is 4. The lowest BCUT2D eigenvalue weighted by Crippen LogP contribution is -2.44. The lowest BCUT2D eigenvalue weighted by molar-refractivity contribution is 0.0522. The number of hydrazine groups is 1. The van der Waals surface area contributed by atoms with Gasteiger partial charge in [0.05, 0.1) is 6.54 Å². The Morgan fingerprint density at radius 2 is 1.26 bits per heavy atom. The molecule has 0 aliphatic heterocycles. The Labute approximate surface area is 268 Å². The molecule has 4 aromatic rings. The molecule has 11 nitrogen and oxygen atoms in total. The zero-order valence-corrected chi connectivity index (χ0v) is 26.3. The third-order valence-electron chi connectivity index (χ3n) is 6.27. The Balaban J connectivity index is 1.61. The van der Waals surface area contributed by atoms with Crippen LogP contribution in [0.1, 0.15) is 53.6 Å². The van der Waals surface area contributed by atoms with Crippen molar-refractivity contribution in [3.8, 4) is 11.5 Å². The molecule has 0 aliphatic carbocycles. The first kappa shape index (κ1) is 33.3. The molecular formula is C35H38N4O7. The highest BCUT2D eigenvalue weighted by molar-refractivity contribution is 5.93. The molecule has 0 fully saturated rings. The highest BCUT2D eigenvalue weighted by atomic mass is 16.6. The van der Waals surface area contributed by atoms with Crippen LogP contribution in [0.25, 0.3) is 0 Å². The average Bonchev–Trinajstić information content (AvgIpc) is 3.05. The quantitative estimate of drug-likeness (QED) is 0.189. The Kier molecular flexibility index (Phi) is 11.5. The van der Waals surface area contributed by atoms with E-state index in [2.05, 4.69) is 15.7 Å². The van der Waals surface area contributed by atoms with Crippen LogP contribution in [0.3, 0.4) is 0 Å². The molecule has 0 spiro atoms. The predicted molar refractivity (Wildman–Crippen MR) is 171 cm³/mol. The molecule has 240 valence electrons. The number of benzene rings is 3. The van der Waals surface area contributed by atoms with Gasteiger partial charge in [-0.1, -0.05) is 91.0 Å². The summed E-state index contributed by atoms with van der Waals surface area (Å²) >= 11 is 0. The van der Waals surface area contributed by atoms with Gasteiger partial charge in [-0.2, -0.15) is 0 Å². The van der Waals surface area contributed by atoms with Crippen LogP contribution < -0.4 is 20.2 Å². The van der Waals surface area contributed by atoms with Crippen molar-refractivity contribution in [3.63, 3.8) is 0 Å². The van der Waals surface area contributed by atoms with Crippen LogP contribution in [-0.4, -0.2) is 40.7 Å². The molecule has 0 atom stereocenters. The Morgan fingerprint density at radius 3 is 1.80 bits per heavy atom. The highest BCUT2D eigenvalue weighted by Gasteiger charge is 2.24. The maximum atomic E-state index is 13.5. The number of carbonyl (C=O) groups is 3. The van der Waals surface area contributed by atoms with Crippen molar-refractivity contribution in [1.29, 1.82) is 0 Å². The van der Waals surface area contributed by atoms with Gasteiger partial charge in [0.15, 0.2) is 11.5 Å². The molecule has 0 unspecified atom stereocenters. The summed E-state index contributed by atoms with van der Waals surface area (Å²) in [5.41, 5.74) is 4.39. The van der Waals surface area contributed by atoms with Crippen LogP contribution >= 0.6 is 0 Å². The number of pyridine rings is 1. The minimum absolute atomic E-state index is 0.0262. The van der Waals surface area contributed by atoms with E-state index >= 15 is 0 Å². The first-order valence-corrected chi connectivity index (χ1v) is 14.7. The second-order valence-corrected chi connectivity index (χ2v) is 11.2. The van der Waals surface area contributed by atoms with Gasteiger partial charge in [0, 0.05) is 13.1 Å². The number of amides is 3. The molecule has 0 bridgehead atoms. The Morgan fingerprint density at radius 1 is 0.739 bits per heavy atom. The molecule has 0 saturated heterocycles. The molecule has 0 radical (unpaired) electrons. The van der Waals surface area contributed by atoms with Gasteiger partial charge >= 0.3 is 12.2 Å². The topological polar surface area (TPSA) is 128 Å². The van der Waals surface area contributed by atoms with E-state index in [1.54, 1.807) is 20.8 Å². The van der Waals surface area contributed by atoms with Crippen LogP contribution in [-0.2, 0) is 35.8 Å². The van der Waals surface area contributed by atoms with E-state index in [9.17, 15) is 14.4 Å². The molecule has 11 heteroatoms. The van der Waals surface area contributed by atoms with E-state index in [4.69, 9.17) is 18.9 Å². The summed E-state index contributed by atoms with van der Waals surface area (Å²) in [6, 6.07) is 29.6. The third-order valence-corrected chi connectivity index (χ3v) is 6.27. The first-order valence-electron chi connectivity index (χ1n) is 14.7. The van der Waals surface area contributed by atoms with Gasteiger partial charge < -0.3 is 24.3 Å². The van der Waals surface area contributed by atoms with Gasteiger partial charge in [-0.25, -0.2) is 25.0 Å². The minimum Gasteiger partial charge on any atom is -0.485 e. The SMILES string of the molecule is CN(NC(=O)OCc1ccccc1)C(=O)c1cc(OCc2ccccc2)c(OCc2ccccc2)c(CNC(=O)OC(C)(C)C)n1. The monoisotopic (exact) mass is 626 g/mol. The number of carbonyl (C=O) groups excluding carboxylic acids is 3. The third kappa shape index (κ3) is 10.5. The molecule has 1 heterocycles. The molecular weight excluding hydrogens is 588 g/mol. The van der Waals surface area contributed by atoms with Gasteiger partial charge in [0.25, 0.3) is 5.91 Å². The van der Waals surface area contributed by atoms with E-state index in [0.29, 0.717) is 0 Å². The van der Waals surface area contributed by atoms with Gasteiger partial charge in [-0.3, -0.25) is 4.79 Å². The number of nitrogens with one attached hydrogen (secondary N) is 2. The van der Waals surface area contributed by atoms with E-state index in [1.807, 2.05) is 91.0 Å². The van der Waals surface area contributed by atoms with Crippen LogP contribution in [0.2, 0.25) is 0 Å². The largest absolute Gasteiger partial charge is 0.485 e. The second kappa shape index (κ2) is 15.9. The lowest BCUT2D eigenvalue weighted by atomic mass is 10.2. The maximum absolute atomic E-state index is 13.5. The maximum Gasteiger partial charge on any atom is 0.426 e. The smallest absolute Gasteiger partial charge is 0.426 e. The van der Waals surface area contributed by atoms with Crippen LogP contribution in [0, 0.1) is 0 Å². The van der Waals surface area contributed by atoms with Gasteiger partial charge in [0.1, 0.15) is 36.8 Å². The van der Waals surface area contributed by atoms with E-state index in [-0.39, 0.29) is 49.3 Å². The second-order valence-electron chi connectivity index (χ2n) is 11.2. The number of rotatable bonds is 11. The van der Waals surface area contributed by atoms with Gasteiger partial charge in [-0.05, 0) is 37.5 Å². The number of alkyl carbamates (subject to hydrolysis) is 1. The molecule has 0 aliphatic rings. The van der Waals surface area contributed by atoms with E-state index in [1.165, 1.54) is 13.1 Å². The molecule has 1 aromatic heterocycles. The van der Waals surface area contributed by atoms with E-state index < -0.39 is 23.7 Å². The summed E-state index contributed by atoms with van der Waals surface area (Å²) in [7, 11) is 1.37. The van der Waals surface area contributed by atoms with Crippen molar-refractivity contribution >= 4 is 18.1 Å². The number of nitrogens with zero attached hydrogens (tertiary/aromatic N) is 2. The van der Waals surface area contributed by atoms with Crippen molar-refractivity contribution < 1.29 is 33.3 Å². The summed E-state index contributed by atoms with van der Waals surface area (Å²) in [4.78, 5) is 43.1. The molecule has 46 heavy (non-hydrogen) atoms. The van der Waals surface area contributed by atoms with Crippen LogP contribution in [0.15, 0.2) is 97.1 Å². The van der Waals surface area contributed by atoms with Crippen molar-refractivity contribution in [2.24, 2.45) is 0 Å². The van der Waals surface area contributed by atoms with Crippen LogP contribution in [0.5, 0.6) is 11.5 Å². The summed E-state index contributed by atoms with van der Waals surface area (Å²) in [5.74, 6) is -0.196. The van der Waals surface area contributed by atoms with Crippen molar-refractivity contribution in [1.82, 2.24) is 20.7 Å². The molecule has 0 saturated carbocycles. The van der Waals surface area contributed by atoms with Gasteiger partial charge in [-0.15, -0.1) is 0 Å². The lowest BCUT2D eigenvalue weighted by Gasteiger charge is -2.22. The number of hydrogen-bond acceptors (Lipinski definition) is 8. The van der Waals surface area contributed by atoms with Crippen molar-refractivity contribution in [2.75, 3.05) is 7.05 Å². The minimum atomic E-state index is -0.824. The van der Waals surface area contributed by atoms with Crippen molar-refractivity contribution in [2.45, 2.75) is 52.7 Å². The fourth-order valence-corrected chi connectivity index (χ4v) is 4.10. The highest BCUT2D eigenvalue weighted by Crippen LogP contribution is 2.33. The summed E-state index contributed by atoms with van der Waals surface area (Å²) in [6.07, 6.45) is -1.50. The Hall–Kier alpha value is -5.58.